The predicted molar refractivity (Wildman–Crippen MR) is 60.9 cm³/mol. The minimum Gasteiger partial charge on any atom is -0.302 e. The molecule has 0 radical (unpaired) electrons. The van der Waals surface area contributed by atoms with E-state index in [1.54, 1.807) is 10.9 Å². The number of hydrogen-bond donors (Lipinski definition) is 1. The lowest BCUT2D eigenvalue weighted by atomic mass is 10.0. The molecule has 0 unspecified atom stereocenters. The van der Waals surface area contributed by atoms with E-state index in [1.165, 1.54) is 0 Å². The molecule has 0 bridgehead atoms. The van der Waals surface area contributed by atoms with E-state index in [2.05, 4.69) is 5.10 Å². The summed E-state index contributed by atoms with van der Waals surface area (Å²) in [4.78, 5) is 11.9. The molecule has 0 atom stereocenters. The Balaban J connectivity index is 2.60. The molecule has 3 nitrogen and oxygen atoms in total. The van der Waals surface area contributed by atoms with Gasteiger partial charge in [-0.2, -0.15) is 0 Å². The number of aryl methyl sites for hydroxylation is 2. The van der Waals surface area contributed by atoms with Crippen molar-refractivity contribution in [1.82, 2.24) is 9.78 Å². The van der Waals surface area contributed by atoms with Crippen LogP contribution in [0.5, 0.6) is 0 Å². The van der Waals surface area contributed by atoms with E-state index in [9.17, 15) is 4.79 Å². The smallest absolute Gasteiger partial charge is 0.274 e. The maximum Gasteiger partial charge on any atom is 0.274 e. The summed E-state index contributed by atoms with van der Waals surface area (Å²) in [6.07, 6.45) is 1.77. The fourth-order valence-electron chi connectivity index (χ4n) is 1.71. The number of H-pyrrole nitrogens is 1. The molecule has 0 aliphatic heterocycles. The number of aromatic amines is 1. The van der Waals surface area contributed by atoms with Crippen molar-refractivity contribution in [2.75, 3.05) is 0 Å². The monoisotopic (exact) mass is 202 g/mol. The van der Waals surface area contributed by atoms with Gasteiger partial charge in [0.15, 0.2) is 0 Å². The molecule has 2 aromatic rings. The third-order valence-electron chi connectivity index (χ3n) is 2.59. The van der Waals surface area contributed by atoms with Crippen molar-refractivity contribution in [2.24, 2.45) is 0 Å². The van der Waals surface area contributed by atoms with Crippen molar-refractivity contribution in [3.8, 4) is 11.1 Å². The predicted octanol–water partition coefficient (Wildman–Crippen LogP) is 2.17. The molecule has 0 saturated heterocycles. The average Bonchev–Trinajstić information content (AvgIpc) is 2.60. The van der Waals surface area contributed by atoms with Crippen LogP contribution < -0.4 is 5.56 Å². The molecular formula is C12H14N2O. The number of aromatic nitrogens is 2. The summed E-state index contributed by atoms with van der Waals surface area (Å²) in [6.45, 7) is 4.63. The first-order valence-electron chi connectivity index (χ1n) is 5.08. The lowest BCUT2D eigenvalue weighted by Crippen LogP contribution is -2.16. The van der Waals surface area contributed by atoms with Crippen LogP contribution in [-0.4, -0.2) is 9.78 Å². The molecule has 1 N–H and O–H groups in total. The number of hydrogen-bond acceptors (Lipinski definition) is 1. The summed E-state index contributed by atoms with van der Waals surface area (Å²) in [5.74, 6) is 0. The van der Waals surface area contributed by atoms with Gasteiger partial charge in [-0.3, -0.25) is 9.48 Å². The van der Waals surface area contributed by atoms with Gasteiger partial charge in [0.1, 0.15) is 0 Å². The lowest BCUT2D eigenvalue weighted by molar-refractivity contribution is 0.638. The average molecular weight is 202 g/mol. The second kappa shape index (κ2) is 3.77. The lowest BCUT2D eigenvalue weighted by Gasteiger charge is -2.00. The molecule has 0 spiro atoms. The molecule has 0 fully saturated rings. The van der Waals surface area contributed by atoms with Gasteiger partial charge < -0.3 is 5.10 Å². The van der Waals surface area contributed by atoms with E-state index in [0.717, 1.165) is 16.7 Å². The van der Waals surface area contributed by atoms with Crippen molar-refractivity contribution in [3.05, 3.63) is 46.4 Å². The number of nitrogens with one attached hydrogen (secondary N) is 1. The van der Waals surface area contributed by atoms with Gasteiger partial charge in [-0.15, -0.1) is 0 Å². The highest BCUT2D eigenvalue weighted by atomic mass is 16.1. The molecule has 1 aromatic heterocycles. The van der Waals surface area contributed by atoms with Crippen LogP contribution in [0.25, 0.3) is 11.1 Å². The first-order chi connectivity index (χ1) is 7.24. The maximum atomic E-state index is 11.9. The number of nitrogens with zero attached hydrogens (tertiary/aromatic N) is 1. The van der Waals surface area contributed by atoms with Gasteiger partial charge >= 0.3 is 0 Å². The Hall–Kier alpha value is -1.77. The summed E-state index contributed by atoms with van der Waals surface area (Å²) >= 11 is 0. The molecule has 15 heavy (non-hydrogen) atoms. The van der Waals surface area contributed by atoms with Crippen LogP contribution in [0, 0.1) is 6.92 Å². The van der Waals surface area contributed by atoms with Crippen LogP contribution in [0.1, 0.15) is 12.5 Å². The Kier molecular flexibility index (Phi) is 2.46. The molecule has 0 saturated carbocycles. The standard InChI is InChI=1S/C12H14N2O/c1-3-14-12(15)11(8-13-14)10-7-5-4-6-9(10)2/h4-8,13H,3H2,1-2H3. The zero-order chi connectivity index (χ0) is 10.8. The van der Waals surface area contributed by atoms with Crippen LogP contribution in [0.2, 0.25) is 0 Å². The Morgan fingerprint density at radius 3 is 2.60 bits per heavy atom. The topological polar surface area (TPSA) is 37.8 Å². The summed E-state index contributed by atoms with van der Waals surface area (Å²) in [6, 6.07) is 7.91. The third kappa shape index (κ3) is 1.61. The Labute approximate surface area is 88.4 Å². The fourth-order valence-corrected chi connectivity index (χ4v) is 1.71. The van der Waals surface area contributed by atoms with Crippen LogP contribution >= 0.6 is 0 Å². The quantitative estimate of drug-likeness (QED) is 0.796. The van der Waals surface area contributed by atoms with Gasteiger partial charge in [-0.1, -0.05) is 24.3 Å². The SMILES string of the molecule is CCn1[nH]cc(-c2ccccc2C)c1=O. The van der Waals surface area contributed by atoms with Gasteiger partial charge in [0.25, 0.3) is 5.56 Å². The zero-order valence-corrected chi connectivity index (χ0v) is 8.95. The maximum absolute atomic E-state index is 11.9. The van der Waals surface area contributed by atoms with E-state index in [4.69, 9.17) is 0 Å². The van der Waals surface area contributed by atoms with Gasteiger partial charge in [-0.05, 0) is 25.0 Å². The molecular weight excluding hydrogens is 188 g/mol. The summed E-state index contributed by atoms with van der Waals surface area (Å²) < 4.78 is 1.60. The molecule has 0 aliphatic rings. The highest BCUT2D eigenvalue weighted by molar-refractivity contribution is 5.65. The summed E-state index contributed by atoms with van der Waals surface area (Å²) in [7, 11) is 0. The molecule has 3 heteroatoms. The molecule has 0 amide bonds. The Morgan fingerprint density at radius 2 is 2.00 bits per heavy atom. The minimum absolute atomic E-state index is 0.0480. The number of benzene rings is 1. The van der Waals surface area contributed by atoms with Crippen molar-refractivity contribution in [2.45, 2.75) is 20.4 Å². The van der Waals surface area contributed by atoms with Crippen molar-refractivity contribution in [3.63, 3.8) is 0 Å². The van der Waals surface area contributed by atoms with Crippen LogP contribution in [0.4, 0.5) is 0 Å². The second-order valence-electron chi connectivity index (χ2n) is 3.55. The van der Waals surface area contributed by atoms with Crippen molar-refractivity contribution >= 4 is 0 Å². The summed E-state index contributed by atoms with van der Waals surface area (Å²) in [5.41, 5.74) is 2.92. The molecule has 2 rings (SSSR count). The van der Waals surface area contributed by atoms with E-state index >= 15 is 0 Å². The Morgan fingerprint density at radius 1 is 1.27 bits per heavy atom. The Bertz CT molecular complexity index is 522. The normalized spacial score (nSPS) is 10.5. The van der Waals surface area contributed by atoms with Crippen molar-refractivity contribution in [1.29, 1.82) is 0 Å². The van der Waals surface area contributed by atoms with Gasteiger partial charge in [0.2, 0.25) is 0 Å². The van der Waals surface area contributed by atoms with Crippen molar-refractivity contribution < 1.29 is 0 Å². The largest absolute Gasteiger partial charge is 0.302 e. The molecule has 0 aliphatic carbocycles. The van der Waals surface area contributed by atoms with E-state index in [0.29, 0.717) is 6.54 Å². The highest BCUT2D eigenvalue weighted by Crippen LogP contribution is 2.18. The van der Waals surface area contributed by atoms with Gasteiger partial charge in [0.05, 0.1) is 5.56 Å². The first kappa shape index (κ1) is 9.77. The van der Waals surface area contributed by atoms with E-state index < -0.39 is 0 Å². The van der Waals surface area contributed by atoms with Crippen LogP contribution in [0.3, 0.4) is 0 Å². The first-order valence-corrected chi connectivity index (χ1v) is 5.08. The van der Waals surface area contributed by atoms with Crippen LogP contribution in [-0.2, 0) is 6.54 Å². The van der Waals surface area contributed by atoms with Crippen LogP contribution in [0.15, 0.2) is 35.3 Å². The summed E-state index contributed by atoms with van der Waals surface area (Å²) in [5, 5.41) is 2.95. The zero-order valence-electron chi connectivity index (χ0n) is 8.95. The molecule has 1 heterocycles. The van der Waals surface area contributed by atoms with Gasteiger partial charge in [-0.25, -0.2) is 0 Å². The van der Waals surface area contributed by atoms with E-state index in [-0.39, 0.29) is 5.56 Å². The highest BCUT2D eigenvalue weighted by Gasteiger charge is 2.08. The minimum atomic E-state index is 0.0480. The second-order valence-corrected chi connectivity index (χ2v) is 3.55. The fraction of sp³-hybridized carbons (Fsp3) is 0.250. The van der Waals surface area contributed by atoms with Gasteiger partial charge in [0, 0.05) is 12.7 Å². The van der Waals surface area contributed by atoms with E-state index in [1.807, 2.05) is 38.1 Å². The molecule has 78 valence electrons. The third-order valence-corrected chi connectivity index (χ3v) is 2.59. The molecule has 1 aromatic carbocycles. The number of rotatable bonds is 2.